The van der Waals surface area contributed by atoms with Crippen LogP contribution in [0, 0.1) is 0 Å². The van der Waals surface area contributed by atoms with Crippen LogP contribution in [0.25, 0.3) is 6.08 Å². The first kappa shape index (κ1) is 17.2. The largest absolute Gasteiger partial charge is 0.480 e. The monoisotopic (exact) mass is 364 g/mol. The SMILES string of the molecule is C[C@@]1(COC(=O)NN)SC2/C(=C\c3ccccn3)C(=O)N2[C@H]1C(=O)O. The fourth-order valence-corrected chi connectivity index (χ4v) is 4.54. The van der Waals surface area contributed by atoms with Gasteiger partial charge in [-0.1, -0.05) is 6.07 Å². The number of rotatable bonds is 4. The average molecular weight is 364 g/mol. The number of β-lactam (4-membered cyclic amide) rings is 1. The van der Waals surface area contributed by atoms with E-state index >= 15 is 0 Å². The summed E-state index contributed by atoms with van der Waals surface area (Å²) in [6.45, 7) is 1.44. The number of carbonyl (C=O) groups is 3. The number of nitrogens with zero attached hydrogens (tertiary/aromatic N) is 2. The van der Waals surface area contributed by atoms with Crippen molar-refractivity contribution in [3.8, 4) is 0 Å². The molecule has 9 nitrogen and oxygen atoms in total. The average Bonchev–Trinajstić information content (AvgIpc) is 2.89. The zero-order valence-corrected chi connectivity index (χ0v) is 14.0. The summed E-state index contributed by atoms with van der Waals surface area (Å²) in [5.74, 6) is 3.45. The number of carboxylic acid groups (broad SMARTS) is 1. The van der Waals surface area contributed by atoms with Crippen LogP contribution in [0.4, 0.5) is 4.79 Å². The fraction of sp³-hybridized carbons (Fsp3) is 0.333. The van der Waals surface area contributed by atoms with Gasteiger partial charge in [-0.25, -0.2) is 15.4 Å². The van der Waals surface area contributed by atoms with E-state index in [1.165, 1.54) is 16.7 Å². The highest BCUT2D eigenvalue weighted by molar-refractivity contribution is 8.02. The van der Waals surface area contributed by atoms with Crippen LogP contribution in [-0.2, 0) is 14.3 Å². The van der Waals surface area contributed by atoms with E-state index in [0.29, 0.717) is 11.3 Å². The fourth-order valence-electron chi connectivity index (χ4n) is 2.93. The van der Waals surface area contributed by atoms with Crippen LogP contribution >= 0.6 is 11.8 Å². The normalized spacial score (nSPS) is 29.1. The van der Waals surface area contributed by atoms with E-state index < -0.39 is 28.2 Å². The molecular weight excluding hydrogens is 348 g/mol. The van der Waals surface area contributed by atoms with Crippen LogP contribution in [0.15, 0.2) is 30.0 Å². The molecule has 3 rings (SSSR count). The molecule has 1 aromatic heterocycles. The minimum Gasteiger partial charge on any atom is -0.480 e. The number of carboxylic acids is 1. The van der Waals surface area contributed by atoms with Crippen molar-refractivity contribution in [1.82, 2.24) is 15.3 Å². The molecule has 2 aliphatic heterocycles. The second kappa shape index (κ2) is 6.37. The molecule has 2 fully saturated rings. The number of nitrogens with one attached hydrogen (secondary N) is 1. The lowest BCUT2D eigenvalue weighted by atomic mass is 9.94. The number of nitrogens with two attached hydrogens (primary N) is 1. The lowest BCUT2D eigenvalue weighted by Crippen LogP contribution is -2.59. The van der Waals surface area contributed by atoms with Gasteiger partial charge in [-0.2, -0.15) is 0 Å². The smallest absolute Gasteiger partial charge is 0.421 e. The number of thioether (sulfide) groups is 1. The Morgan fingerprint density at radius 1 is 1.56 bits per heavy atom. The van der Waals surface area contributed by atoms with Gasteiger partial charge in [-0.05, 0) is 25.1 Å². The summed E-state index contributed by atoms with van der Waals surface area (Å²) < 4.78 is 3.94. The van der Waals surface area contributed by atoms with Gasteiger partial charge in [0.25, 0.3) is 5.91 Å². The lowest BCUT2D eigenvalue weighted by Gasteiger charge is -2.39. The Morgan fingerprint density at radius 2 is 2.32 bits per heavy atom. The van der Waals surface area contributed by atoms with Crippen LogP contribution in [0.5, 0.6) is 0 Å². The number of aromatic nitrogens is 1. The third-order valence-electron chi connectivity index (χ3n) is 4.07. The van der Waals surface area contributed by atoms with Crippen LogP contribution < -0.4 is 11.3 Å². The maximum absolute atomic E-state index is 12.5. The quantitative estimate of drug-likeness (QED) is 0.227. The van der Waals surface area contributed by atoms with Crippen molar-refractivity contribution in [3.05, 3.63) is 35.7 Å². The Morgan fingerprint density at radius 3 is 2.92 bits per heavy atom. The topological polar surface area (TPSA) is 135 Å². The molecule has 10 heteroatoms. The maximum atomic E-state index is 12.5. The molecule has 4 N–H and O–H groups in total. The Kier molecular flexibility index (Phi) is 4.39. The molecule has 132 valence electrons. The van der Waals surface area contributed by atoms with Crippen molar-refractivity contribution >= 4 is 35.8 Å². The summed E-state index contributed by atoms with van der Waals surface area (Å²) in [5, 5.41) is 9.14. The van der Waals surface area contributed by atoms with E-state index in [9.17, 15) is 19.5 Å². The van der Waals surface area contributed by atoms with Gasteiger partial charge in [0, 0.05) is 6.20 Å². The highest BCUT2D eigenvalue weighted by atomic mass is 32.2. The van der Waals surface area contributed by atoms with Crippen LogP contribution in [-0.4, -0.2) is 55.7 Å². The van der Waals surface area contributed by atoms with E-state index in [1.54, 1.807) is 37.4 Å². The predicted molar refractivity (Wildman–Crippen MR) is 88.9 cm³/mol. The minimum atomic E-state index is -1.15. The summed E-state index contributed by atoms with van der Waals surface area (Å²) >= 11 is 1.27. The second-order valence-corrected chi connectivity index (χ2v) is 7.43. The third kappa shape index (κ3) is 2.94. The number of hydrogen-bond acceptors (Lipinski definition) is 7. The van der Waals surface area contributed by atoms with E-state index in [0.717, 1.165) is 0 Å². The van der Waals surface area contributed by atoms with E-state index in [-0.39, 0.29) is 12.5 Å². The molecule has 0 spiro atoms. The highest BCUT2D eigenvalue weighted by Crippen LogP contribution is 2.53. The number of pyridine rings is 1. The van der Waals surface area contributed by atoms with Gasteiger partial charge in [0.15, 0.2) is 0 Å². The number of fused-ring (bicyclic) bond motifs is 1. The van der Waals surface area contributed by atoms with Crippen molar-refractivity contribution in [3.63, 3.8) is 0 Å². The molecule has 0 aromatic carbocycles. The Hall–Kier alpha value is -2.59. The standard InChI is InChI=1S/C15H16N4O5S/c1-15(7-24-14(23)18-16)10(13(21)22)19-11(20)9(12(19)25-15)6-8-4-2-3-5-17-8/h2-6,10,12H,7,16H2,1H3,(H,18,23)(H,21,22)/b9-6-/t10-,12?,15-/m0/s1. The first-order valence-corrected chi connectivity index (χ1v) is 8.24. The Balaban J connectivity index is 1.86. The molecule has 3 heterocycles. The molecule has 2 amide bonds. The molecule has 3 atom stereocenters. The highest BCUT2D eigenvalue weighted by Gasteiger charge is 2.63. The molecule has 0 aliphatic carbocycles. The van der Waals surface area contributed by atoms with Crippen molar-refractivity contribution in [1.29, 1.82) is 0 Å². The van der Waals surface area contributed by atoms with Gasteiger partial charge in [0.05, 0.1) is 16.0 Å². The molecule has 2 saturated heterocycles. The number of amides is 2. The molecule has 0 bridgehead atoms. The summed E-state index contributed by atoms with van der Waals surface area (Å²) in [6, 6.07) is 4.20. The molecular formula is C15H16N4O5S. The van der Waals surface area contributed by atoms with Gasteiger partial charge in [0.2, 0.25) is 0 Å². The lowest BCUT2D eigenvalue weighted by molar-refractivity contribution is -0.153. The van der Waals surface area contributed by atoms with Gasteiger partial charge in [-0.3, -0.25) is 15.2 Å². The van der Waals surface area contributed by atoms with Crippen molar-refractivity contribution in [2.24, 2.45) is 5.84 Å². The van der Waals surface area contributed by atoms with Gasteiger partial charge in [-0.15, -0.1) is 11.8 Å². The number of hydrazine groups is 1. The first-order chi connectivity index (χ1) is 11.9. The predicted octanol–water partition coefficient (Wildman–Crippen LogP) is 0.192. The van der Waals surface area contributed by atoms with Gasteiger partial charge >= 0.3 is 12.1 Å². The molecule has 2 aliphatic rings. The minimum absolute atomic E-state index is 0.200. The third-order valence-corrected chi connectivity index (χ3v) is 5.65. The summed E-state index contributed by atoms with van der Waals surface area (Å²) in [7, 11) is 0. The van der Waals surface area contributed by atoms with E-state index in [2.05, 4.69) is 4.98 Å². The Bertz CT molecular complexity index is 756. The number of carbonyl (C=O) groups excluding carboxylic acids is 2. The number of hydrogen-bond donors (Lipinski definition) is 3. The molecule has 25 heavy (non-hydrogen) atoms. The maximum Gasteiger partial charge on any atom is 0.421 e. The zero-order chi connectivity index (χ0) is 18.2. The van der Waals surface area contributed by atoms with E-state index in [1.807, 2.05) is 5.43 Å². The molecule has 1 aromatic rings. The summed E-state index contributed by atoms with van der Waals surface area (Å²) in [4.78, 5) is 40.8. The molecule has 0 radical (unpaired) electrons. The summed E-state index contributed by atoms with van der Waals surface area (Å²) in [5.41, 5.74) is 2.91. The molecule has 1 unspecified atom stereocenters. The van der Waals surface area contributed by atoms with Crippen molar-refractivity contribution in [2.45, 2.75) is 23.1 Å². The zero-order valence-electron chi connectivity index (χ0n) is 13.2. The summed E-state index contributed by atoms with van der Waals surface area (Å²) in [6.07, 6.45) is 2.39. The Labute approximate surface area is 147 Å². The van der Waals surface area contributed by atoms with Crippen LogP contribution in [0.1, 0.15) is 12.6 Å². The molecule has 0 saturated carbocycles. The van der Waals surface area contributed by atoms with Crippen molar-refractivity contribution in [2.75, 3.05) is 6.61 Å². The van der Waals surface area contributed by atoms with Crippen LogP contribution in [0.2, 0.25) is 0 Å². The van der Waals surface area contributed by atoms with Crippen molar-refractivity contribution < 1.29 is 24.2 Å². The van der Waals surface area contributed by atoms with Gasteiger partial charge in [0.1, 0.15) is 18.0 Å². The van der Waals surface area contributed by atoms with Crippen LogP contribution in [0.3, 0.4) is 0 Å². The van der Waals surface area contributed by atoms with E-state index in [4.69, 9.17) is 10.6 Å². The first-order valence-electron chi connectivity index (χ1n) is 7.36. The number of ether oxygens (including phenoxy) is 1. The number of aliphatic carboxylic acids is 1. The van der Waals surface area contributed by atoms with Gasteiger partial charge < -0.3 is 14.7 Å². The second-order valence-electron chi connectivity index (χ2n) is 5.81.